The number of nitrogens with zero attached hydrogens (tertiary/aromatic N) is 3. The molecule has 0 saturated heterocycles. The molecular weight excluding hydrogens is 290 g/mol. The molecule has 0 bridgehead atoms. The zero-order chi connectivity index (χ0) is 16.1. The largest absolute Gasteiger partial charge is 0.478 e. The van der Waals surface area contributed by atoms with Crippen molar-refractivity contribution in [3.8, 4) is 0 Å². The third-order valence-corrected chi connectivity index (χ3v) is 4.31. The zero-order valence-corrected chi connectivity index (χ0v) is 12.9. The van der Waals surface area contributed by atoms with Gasteiger partial charge in [0.25, 0.3) is 0 Å². The average Bonchev–Trinajstić information content (AvgIpc) is 3.08. The summed E-state index contributed by atoms with van der Waals surface area (Å²) in [7, 11) is 1.93. The topological polar surface area (TPSA) is 68.0 Å². The lowest BCUT2D eigenvalue weighted by Crippen LogP contribution is -2.03. The highest BCUT2D eigenvalue weighted by atomic mass is 16.4. The first kappa shape index (κ1) is 13.7. The van der Waals surface area contributed by atoms with Gasteiger partial charge in [0.1, 0.15) is 0 Å². The number of hydrogen-bond acceptors (Lipinski definition) is 3. The first-order valence-electron chi connectivity index (χ1n) is 7.40. The highest BCUT2D eigenvalue weighted by molar-refractivity contribution is 6.00. The van der Waals surface area contributed by atoms with E-state index in [0.29, 0.717) is 12.0 Å². The standard InChI is InChI=1S/C18H15N3O2/c1-10-3-4-13-16(7-10)21(2)20-17(13)11-8-14-12(18(22)23)5-6-19-15(14)9-11/h3-7,9H,8H2,1-2H3,(H,22,23). The lowest BCUT2D eigenvalue weighted by molar-refractivity contribution is 0.0695. The van der Waals surface area contributed by atoms with E-state index < -0.39 is 5.97 Å². The fourth-order valence-electron chi connectivity index (χ4n) is 3.18. The summed E-state index contributed by atoms with van der Waals surface area (Å²) in [6.45, 7) is 2.06. The Labute approximate surface area is 132 Å². The summed E-state index contributed by atoms with van der Waals surface area (Å²) >= 11 is 0. The Morgan fingerprint density at radius 3 is 2.91 bits per heavy atom. The van der Waals surface area contributed by atoms with Crippen LogP contribution in [0.25, 0.3) is 22.6 Å². The molecule has 1 aromatic carbocycles. The molecule has 0 unspecified atom stereocenters. The first-order valence-corrected chi connectivity index (χ1v) is 7.40. The molecule has 0 amide bonds. The van der Waals surface area contributed by atoms with Gasteiger partial charge in [-0.15, -0.1) is 0 Å². The molecule has 0 atom stereocenters. The van der Waals surface area contributed by atoms with E-state index in [1.165, 1.54) is 5.56 Å². The number of fused-ring (bicyclic) bond motifs is 2. The first-order chi connectivity index (χ1) is 11.0. The molecule has 2 heterocycles. The van der Waals surface area contributed by atoms with Gasteiger partial charge in [-0.05, 0) is 41.8 Å². The number of benzene rings is 1. The number of carbonyl (C=O) groups is 1. The molecule has 0 aliphatic heterocycles. The maximum atomic E-state index is 11.4. The molecule has 23 heavy (non-hydrogen) atoms. The summed E-state index contributed by atoms with van der Waals surface area (Å²) in [6, 6.07) is 7.80. The lowest BCUT2D eigenvalue weighted by atomic mass is 10.0. The smallest absolute Gasteiger partial charge is 0.336 e. The molecule has 0 fully saturated rings. The third kappa shape index (κ3) is 2.04. The Balaban J connectivity index is 1.85. The highest BCUT2D eigenvalue weighted by Gasteiger charge is 2.24. The van der Waals surface area contributed by atoms with Crippen LogP contribution in [-0.4, -0.2) is 25.8 Å². The van der Waals surface area contributed by atoms with Crippen molar-refractivity contribution in [2.45, 2.75) is 13.3 Å². The van der Waals surface area contributed by atoms with E-state index in [9.17, 15) is 9.90 Å². The summed E-state index contributed by atoms with van der Waals surface area (Å²) in [5, 5.41) is 15.1. The molecule has 0 radical (unpaired) electrons. The van der Waals surface area contributed by atoms with Crippen LogP contribution in [0, 0.1) is 6.92 Å². The van der Waals surface area contributed by atoms with Crippen molar-refractivity contribution in [2.24, 2.45) is 7.05 Å². The van der Waals surface area contributed by atoms with Crippen LogP contribution in [0.5, 0.6) is 0 Å². The van der Waals surface area contributed by atoms with E-state index in [1.807, 2.05) is 17.8 Å². The molecule has 5 heteroatoms. The van der Waals surface area contributed by atoms with Crippen LogP contribution in [0.3, 0.4) is 0 Å². The molecule has 0 saturated carbocycles. The maximum Gasteiger partial charge on any atom is 0.336 e. The summed E-state index contributed by atoms with van der Waals surface area (Å²) < 4.78 is 1.87. The van der Waals surface area contributed by atoms with E-state index in [1.54, 1.807) is 12.3 Å². The Morgan fingerprint density at radius 2 is 2.13 bits per heavy atom. The van der Waals surface area contributed by atoms with Crippen LogP contribution in [-0.2, 0) is 13.5 Å². The van der Waals surface area contributed by atoms with Crippen molar-refractivity contribution in [3.05, 3.63) is 58.5 Å². The number of pyridine rings is 1. The zero-order valence-electron chi connectivity index (χ0n) is 12.9. The third-order valence-electron chi connectivity index (χ3n) is 4.31. The second-order valence-corrected chi connectivity index (χ2v) is 5.87. The van der Waals surface area contributed by atoms with Gasteiger partial charge in [-0.25, -0.2) is 4.79 Å². The van der Waals surface area contributed by atoms with Crippen LogP contribution in [0.1, 0.15) is 32.9 Å². The molecule has 1 aliphatic rings. The quantitative estimate of drug-likeness (QED) is 0.790. The number of carboxylic acids is 1. The molecule has 3 aromatic rings. The van der Waals surface area contributed by atoms with Gasteiger partial charge in [-0.1, -0.05) is 12.1 Å². The van der Waals surface area contributed by atoms with Gasteiger partial charge >= 0.3 is 5.97 Å². The fraction of sp³-hybridized carbons (Fsp3) is 0.167. The van der Waals surface area contributed by atoms with Crippen molar-refractivity contribution in [1.82, 2.24) is 14.8 Å². The minimum atomic E-state index is -0.917. The number of aryl methyl sites for hydroxylation is 2. The van der Waals surface area contributed by atoms with Crippen LogP contribution in [0.4, 0.5) is 0 Å². The normalized spacial score (nSPS) is 13.2. The Bertz CT molecular complexity index is 999. The van der Waals surface area contributed by atoms with Crippen LogP contribution in [0.2, 0.25) is 0 Å². The highest BCUT2D eigenvalue weighted by Crippen LogP contribution is 2.35. The summed E-state index contributed by atoms with van der Waals surface area (Å²) in [6.07, 6.45) is 4.04. The summed E-state index contributed by atoms with van der Waals surface area (Å²) in [4.78, 5) is 15.7. The van der Waals surface area contributed by atoms with E-state index >= 15 is 0 Å². The van der Waals surface area contributed by atoms with E-state index in [4.69, 9.17) is 0 Å². The van der Waals surface area contributed by atoms with E-state index in [0.717, 1.165) is 33.4 Å². The molecule has 2 aromatic heterocycles. The van der Waals surface area contributed by atoms with Gasteiger partial charge in [0, 0.05) is 25.1 Å². The minimum absolute atomic E-state index is 0.317. The predicted molar refractivity (Wildman–Crippen MR) is 88.2 cm³/mol. The molecule has 4 rings (SSSR count). The lowest BCUT2D eigenvalue weighted by Gasteiger charge is -2.03. The molecule has 1 N–H and O–H groups in total. The van der Waals surface area contributed by atoms with Gasteiger partial charge in [-0.2, -0.15) is 5.10 Å². The number of aromatic carboxylic acids is 1. The molecule has 1 aliphatic carbocycles. The van der Waals surface area contributed by atoms with Crippen LogP contribution >= 0.6 is 0 Å². The number of aromatic nitrogens is 3. The van der Waals surface area contributed by atoms with Crippen molar-refractivity contribution < 1.29 is 9.90 Å². The Kier molecular flexibility index (Phi) is 2.84. The monoisotopic (exact) mass is 305 g/mol. The number of rotatable bonds is 2. The average molecular weight is 305 g/mol. The van der Waals surface area contributed by atoms with Crippen LogP contribution in [0.15, 0.2) is 30.5 Å². The summed E-state index contributed by atoms with van der Waals surface area (Å²) in [5.41, 5.74) is 5.98. The minimum Gasteiger partial charge on any atom is -0.478 e. The fourth-order valence-corrected chi connectivity index (χ4v) is 3.18. The van der Waals surface area contributed by atoms with Crippen LogP contribution < -0.4 is 0 Å². The number of hydrogen-bond donors (Lipinski definition) is 1. The van der Waals surface area contributed by atoms with Crippen molar-refractivity contribution in [2.75, 3.05) is 0 Å². The number of carboxylic acid groups (broad SMARTS) is 1. The SMILES string of the molecule is Cc1ccc2c(C3=Cc4nccc(C(=O)O)c4C3)nn(C)c2c1. The van der Waals surface area contributed by atoms with Gasteiger partial charge in [0.15, 0.2) is 0 Å². The molecule has 0 spiro atoms. The predicted octanol–water partition coefficient (Wildman–Crippen LogP) is 3.07. The molecule has 114 valence electrons. The Morgan fingerprint density at radius 1 is 1.30 bits per heavy atom. The van der Waals surface area contributed by atoms with E-state index in [-0.39, 0.29) is 0 Å². The van der Waals surface area contributed by atoms with Crippen molar-refractivity contribution >= 4 is 28.5 Å². The Hall–Kier alpha value is -2.95. The van der Waals surface area contributed by atoms with Gasteiger partial charge in [0.2, 0.25) is 0 Å². The maximum absolute atomic E-state index is 11.4. The molecular formula is C18H15N3O2. The van der Waals surface area contributed by atoms with Crippen molar-refractivity contribution in [3.63, 3.8) is 0 Å². The van der Waals surface area contributed by atoms with Gasteiger partial charge < -0.3 is 5.11 Å². The van der Waals surface area contributed by atoms with E-state index in [2.05, 4.69) is 35.2 Å². The second kappa shape index (κ2) is 4.78. The van der Waals surface area contributed by atoms with Gasteiger partial charge in [-0.3, -0.25) is 9.67 Å². The van der Waals surface area contributed by atoms with Gasteiger partial charge in [0.05, 0.1) is 22.5 Å². The summed E-state index contributed by atoms with van der Waals surface area (Å²) in [5.74, 6) is -0.917. The number of allylic oxidation sites excluding steroid dienone is 1. The molecule has 5 nitrogen and oxygen atoms in total. The second-order valence-electron chi connectivity index (χ2n) is 5.87. The van der Waals surface area contributed by atoms with Crippen molar-refractivity contribution in [1.29, 1.82) is 0 Å².